The molecule has 1 aromatic rings. The van der Waals surface area contributed by atoms with Crippen molar-refractivity contribution in [2.45, 2.75) is 13.0 Å². The van der Waals surface area contributed by atoms with Gasteiger partial charge in [-0.15, -0.1) is 0 Å². The Balaban J connectivity index is 3.20. The molecule has 6 heteroatoms. The van der Waals surface area contributed by atoms with Crippen LogP contribution in [0.2, 0.25) is 0 Å². The minimum atomic E-state index is -0.907. The number of nitro benzene ring substituents is 1. The average molecular weight is 200 g/mol. The third-order valence-corrected chi connectivity index (χ3v) is 1.85. The van der Waals surface area contributed by atoms with Crippen LogP contribution in [0, 0.1) is 15.9 Å². The molecule has 0 spiro atoms. The fraction of sp³-hybridized carbons (Fsp3) is 0.250. The Morgan fingerprint density at radius 3 is 2.79 bits per heavy atom. The minimum absolute atomic E-state index is 0.0710. The maximum Gasteiger partial charge on any atom is 0.305 e. The number of hydrogen-bond acceptors (Lipinski definition) is 4. The van der Waals surface area contributed by atoms with Crippen LogP contribution in [0.25, 0.3) is 0 Å². The summed E-state index contributed by atoms with van der Waals surface area (Å²) in [4.78, 5) is 14.0. The van der Waals surface area contributed by atoms with Gasteiger partial charge in [0.05, 0.1) is 4.92 Å². The molecule has 0 aliphatic carbocycles. The van der Waals surface area contributed by atoms with Crippen molar-refractivity contribution >= 4 is 5.69 Å². The zero-order chi connectivity index (χ0) is 10.7. The highest BCUT2D eigenvalue weighted by Crippen LogP contribution is 2.25. The van der Waals surface area contributed by atoms with Crippen molar-refractivity contribution in [1.82, 2.24) is 0 Å². The van der Waals surface area contributed by atoms with E-state index in [1.54, 1.807) is 0 Å². The quantitative estimate of drug-likeness (QED) is 0.594. The summed E-state index contributed by atoms with van der Waals surface area (Å²) in [7, 11) is 0. The number of halogens is 1. The van der Waals surface area contributed by atoms with Crippen molar-refractivity contribution in [3.05, 3.63) is 39.7 Å². The second-order valence-electron chi connectivity index (χ2n) is 2.72. The lowest BCUT2D eigenvalue weighted by molar-refractivity contribution is -0.387. The number of benzene rings is 1. The normalized spacial score (nSPS) is 12.5. The van der Waals surface area contributed by atoms with E-state index in [0.29, 0.717) is 0 Å². The summed E-state index contributed by atoms with van der Waals surface area (Å²) in [6.07, 6.45) is -0.713. The van der Waals surface area contributed by atoms with Crippen LogP contribution in [0.5, 0.6) is 0 Å². The summed E-state index contributed by atoms with van der Waals surface area (Å²) in [5.74, 6) is 3.96. The maximum atomic E-state index is 13.4. The van der Waals surface area contributed by atoms with Gasteiger partial charge in [0, 0.05) is 11.6 Å². The molecule has 76 valence electrons. The third-order valence-electron chi connectivity index (χ3n) is 1.85. The van der Waals surface area contributed by atoms with Gasteiger partial charge in [0.15, 0.2) is 0 Å². The van der Waals surface area contributed by atoms with Gasteiger partial charge in [0.2, 0.25) is 5.82 Å². The van der Waals surface area contributed by atoms with Crippen molar-refractivity contribution < 1.29 is 14.2 Å². The highest BCUT2D eigenvalue weighted by molar-refractivity contribution is 5.37. The van der Waals surface area contributed by atoms with E-state index in [0.717, 1.165) is 6.07 Å². The molecule has 14 heavy (non-hydrogen) atoms. The van der Waals surface area contributed by atoms with Crippen LogP contribution in [0.15, 0.2) is 18.2 Å². The first-order valence-corrected chi connectivity index (χ1v) is 3.86. The summed E-state index contributed by atoms with van der Waals surface area (Å²) < 4.78 is 13.4. The minimum Gasteiger partial charge on any atom is -0.297 e. The summed E-state index contributed by atoms with van der Waals surface area (Å²) in [5, 5.41) is 10.4. The number of nitrogens with zero attached hydrogens (tertiary/aromatic N) is 1. The van der Waals surface area contributed by atoms with E-state index in [9.17, 15) is 14.5 Å². The first kappa shape index (κ1) is 10.6. The lowest BCUT2D eigenvalue weighted by Crippen LogP contribution is -2.08. The Labute approximate surface area is 79.4 Å². The van der Waals surface area contributed by atoms with Crippen LogP contribution in [-0.2, 0) is 4.84 Å². The highest BCUT2D eigenvalue weighted by atomic mass is 19.1. The fourth-order valence-electron chi connectivity index (χ4n) is 1.07. The van der Waals surface area contributed by atoms with Crippen molar-refractivity contribution in [3.63, 3.8) is 0 Å². The molecule has 0 aliphatic rings. The predicted octanol–water partition coefficient (Wildman–Crippen LogP) is 1.69. The van der Waals surface area contributed by atoms with Crippen molar-refractivity contribution in [1.29, 1.82) is 0 Å². The molecular formula is C8H9FN2O3. The molecule has 0 fully saturated rings. The predicted molar refractivity (Wildman–Crippen MR) is 46.7 cm³/mol. The average Bonchev–Trinajstić information content (AvgIpc) is 2.16. The molecule has 1 unspecified atom stereocenters. The standard InChI is InChI=1S/C8H9FN2O3/c1-5(14-10)6-3-2-4-7(8(6)9)11(12)13/h2-5H,10H2,1H3. The molecule has 2 N–H and O–H groups in total. The lowest BCUT2D eigenvalue weighted by atomic mass is 10.1. The van der Waals surface area contributed by atoms with Crippen LogP contribution in [0.3, 0.4) is 0 Å². The SMILES string of the molecule is CC(ON)c1cccc([N+](=O)[O-])c1F. The molecule has 0 heterocycles. The zero-order valence-corrected chi connectivity index (χ0v) is 7.44. The Morgan fingerprint density at radius 2 is 2.29 bits per heavy atom. The summed E-state index contributed by atoms with van der Waals surface area (Å²) in [6, 6.07) is 3.86. The van der Waals surface area contributed by atoms with Crippen LogP contribution in [0.1, 0.15) is 18.6 Å². The topological polar surface area (TPSA) is 78.4 Å². The lowest BCUT2D eigenvalue weighted by Gasteiger charge is -2.09. The Kier molecular flexibility index (Phi) is 3.10. The monoisotopic (exact) mass is 200 g/mol. The van der Waals surface area contributed by atoms with Gasteiger partial charge >= 0.3 is 5.69 Å². The molecule has 0 aliphatic heterocycles. The molecule has 0 bridgehead atoms. The van der Waals surface area contributed by atoms with Gasteiger partial charge < -0.3 is 0 Å². The third kappa shape index (κ3) is 1.86. The maximum absolute atomic E-state index is 13.4. The largest absolute Gasteiger partial charge is 0.305 e. The molecule has 0 amide bonds. The molecule has 1 atom stereocenters. The van der Waals surface area contributed by atoms with Gasteiger partial charge in [-0.25, -0.2) is 5.90 Å². The van der Waals surface area contributed by atoms with Crippen molar-refractivity contribution in [3.8, 4) is 0 Å². The fourth-order valence-corrected chi connectivity index (χ4v) is 1.07. The Bertz CT molecular complexity index is 356. The molecule has 0 saturated carbocycles. The molecule has 0 radical (unpaired) electrons. The number of hydrogen-bond donors (Lipinski definition) is 1. The van der Waals surface area contributed by atoms with Gasteiger partial charge in [0.25, 0.3) is 0 Å². The van der Waals surface area contributed by atoms with E-state index >= 15 is 0 Å². The van der Waals surface area contributed by atoms with Crippen LogP contribution in [0.4, 0.5) is 10.1 Å². The summed E-state index contributed by atoms with van der Waals surface area (Å²) >= 11 is 0. The number of rotatable bonds is 3. The first-order chi connectivity index (χ1) is 6.57. The van der Waals surface area contributed by atoms with Gasteiger partial charge in [-0.1, -0.05) is 12.1 Å². The molecular weight excluding hydrogens is 191 g/mol. The zero-order valence-electron chi connectivity index (χ0n) is 7.44. The smallest absolute Gasteiger partial charge is 0.297 e. The van der Waals surface area contributed by atoms with E-state index in [2.05, 4.69) is 4.84 Å². The molecule has 1 rings (SSSR count). The van der Waals surface area contributed by atoms with E-state index in [1.165, 1.54) is 19.1 Å². The molecule has 0 aromatic heterocycles. The Morgan fingerprint density at radius 1 is 1.64 bits per heavy atom. The highest BCUT2D eigenvalue weighted by Gasteiger charge is 2.20. The van der Waals surface area contributed by atoms with Gasteiger partial charge in [-0.05, 0) is 6.92 Å². The van der Waals surface area contributed by atoms with Gasteiger partial charge in [-0.3, -0.25) is 15.0 Å². The summed E-state index contributed by atoms with van der Waals surface area (Å²) in [6.45, 7) is 1.50. The molecule has 1 aromatic carbocycles. The van der Waals surface area contributed by atoms with Crippen LogP contribution >= 0.6 is 0 Å². The van der Waals surface area contributed by atoms with Gasteiger partial charge in [0.1, 0.15) is 6.10 Å². The van der Waals surface area contributed by atoms with Crippen LogP contribution < -0.4 is 5.90 Å². The van der Waals surface area contributed by atoms with Crippen LogP contribution in [-0.4, -0.2) is 4.92 Å². The number of nitro groups is 1. The second-order valence-corrected chi connectivity index (χ2v) is 2.72. The van der Waals surface area contributed by atoms with Gasteiger partial charge in [-0.2, -0.15) is 4.39 Å². The van der Waals surface area contributed by atoms with E-state index in [-0.39, 0.29) is 5.56 Å². The summed E-state index contributed by atoms with van der Waals surface area (Å²) in [5.41, 5.74) is -0.506. The number of nitrogens with two attached hydrogens (primary N) is 1. The molecule has 0 saturated heterocycles. The Hall–Kier alpha value is -1.53. The van der Waals surface area contributed by atoms with Crippen molar-refractivity contribution in [2.75, 3.05) is 0 Å². The molecule has 5 nitrogen and oxygen atoms in total. The second kappa shape index (κ2) is 4.12. The van der Waals surface area contributed by atoms with E-state index < -0.39 is 22.5 Å². The van der Waals surface area contributed by atoms with E-state index in [4.69, 9.17) is 5.90 Å². The van der Waals surface area contributed by atoms with Crippen molar-refractivity contribution in [2.24, 2.45) is 5.90 Å². The first-order valence-electron chi connectivity index (χ1n) is 3.86. The van der Waals surface area contributed by atoms with E-state index in [1.807, 2.05) is 0 Å².